The Labute approximate surface area is 146 Å². The number of methoxy groups -OCH3 is 1. The van der Waals surface area contributed by atoms with Crippen LogP contribution in [0, 0.1) is 5.82 Å². The van der Waals surface area contributed by atoms with E-state index in [0.717, 1.165) is 6.07 Å². The van der Waals surface area contributed by atoms with Gasteiger partial charge in [-0.1, -0.05) is 0 Å². The van der Waals surface area contributed by atoms with E-state index in [-0.39, 0.29) is 28.9 Å². The normalized spacial score (nSPS) is 11.9. The van der Waals surface area contributed by atoms with Crippen molar-refractivity contribution < 1.29 is 39.7 Å². The first-order valence-electron chi connectivity index (χ1n) is 6.96. The summed E-state index contributed by atoms with van der Waals surface area (Å²) >= 11 is 0. The minimum absolute atomic E-state index is 0.112. The molecule has 0 saturated heterocycles. The van der Waals surface area contributed by atoms with Crippen molar-refractivity contribution in [3.63, 3.8) is 0 Å². The second-order valence-corrected chi connectivity index (χ2v) is 6.65. The number of alkyl halides is 3. The predicted octanol–water partition coefficient (Wildman–Crippen LogP) is 3.82. The molecule has 2 aromatic rings. The van der Waals surface area contributed by atoms with Crippen molar-refractivity contribution in [2.45, 2.75) is 18.0 Å². The second kappa shape index (κ2) is 6.94. The molecular formula is C16H12F4O5S. The van der Waals surface area contributed by atoms with Crippen molar-refractivity contribution in [1.29, 1.82) is 0 Å². The number of carbonyl (C=O) groups excluding carboxylic acids is 1. The maximum atomic E-state index is 13.3. The molecule has 0 aromatic heterocycles. The largest absolute Gasteiger partial charge is 0.493 e. The fourth-order valence-corrected chi connectivity index (χ4v) is 2.97. The molecule has 0 bridgehead atoms. The van der Waals surface area contributed by atoms with Crippen LogP contribution in [-0.4, -0.2) is 21.3 Å². The molecule has 0 saturated carbocycles. The summed E-state index contributed by atoms with van der Waals surface area (Å²) in [7, 11) is -3.52. The van der Waals surface area contributed by atoms with Gasteiger partial charge >= 0.3 is 16.3 Å². The molecule has 10 heteroatoms. The van der Waals surface area contributed by atoms with Gasteiger partial charge in [0.25, 0.3) is 0 Å². The fourth-order valence-electron chi connectivity index (χ4n) is 2.00. The van der Waals surface area contributed by atoms with Crippen molar-refractivity contribution >= 4 is 15.9 Å². The molecule has 140 valence electrons. The summed E-state index contributed by atoms with van der Waals surface area (Å²) in [6, 6.07) is 4.79. The average Bonchev–Trinajstić information content (AvgIpc) is 2.53. The number of carbonyl (C=O) groups is 1. The van der Waals surface area contributed by atoms with Crippen LogP contribution in [0.4, 0.5) is 17.6 Å². The quantitative estimate of drug-likeness (QED) is 0.440. The van der Waals surface area contributed by atoms with Crippen LogP contribution in [0.15, 0.2) is 41.3 Å². The molecule has 5 nitrogen and oxygen atoms in total. The van der Waals surface area contributed by atoms with Gasteiger partial charge in [-0.05, 0) is 43.3 Å². The highest BCUT2D eigenvalue weighted by Crippen LogP contribution is 2.35. The summed E-state index contributed by atoms with van der Waals surface area (Å²) in [6.07, 6.45) is -5.07. The summed E-state index contributed by atoms with van der Waals surface area (Å²) in [5.41, 5.74) is -1.52. The minimum atomic E-state index is -5.07. The van der Waals surface area contributed by atoms with Gasteiger partial charge in [0.15, 0.2) is 17.3 Å². The van der Waals surface area contributed by atoms with Gasteiger partial charge in [-0.3, -0.25) is 4.79 Å². The van der Waals surface area contributed by atoms with E-state index in [1.807, 2.05) is 0 Å². The first kappa shape index (κ1) is 19.7. The lowest BCUT2D eigenvalue weighted by Gasteiger charge is -2.13. The number of Topliss-reactive ketones (excluding diaryl/α,β-unsaturated/α-hetero) is 1. The zero-order valence-corrected chi connectivity index (χ0v) is 14.2. The summed E-state index contributed by atoms with van der Waals surface area (Å²) in [6.45, 7) is 1.28. The van der Waals surface area contributed by atoms with E-state index in [9.17, 15) is 30.8 Å². The van der Waals surface area contributed by atoms with Crippen LogP contribution < -0.4 is 8.92 Å². The third kappa shape index (κ3) is 4.13. The third-order valence-electron chi connectivity index (χ3n) is 3.30. The molecule has 2 rings (SSSR count). The van der Waals surface area contributed by atoms with Gasteiger partial charge in [0.1, 0.15) is 10.7 Å². The second-order valence-electron chi connectivity index (χ2n) is 5.10. The molecule has 0 aliphatic rings. The molecule has 0 spiro atoms. The Morgan fingerprint density at radius 3 is 2.23 bits per heavy atom. The molecule has 0 aliphatic carbocycles. The maximum absolute atomic E-state index is 13.3. The summed E-state index contributed by atoms with van der Waals surface area (Å²) in [4.78, 5) is 10.5. The van der Waals surface area contributed by atoms with E-state index in [4.69, 9.17) is 8.92 Å². The molecule has 0 fully saturated rings. The first-order valence-corrected chi connectivity index (χ1v) is 8.36. The highest BCUT2D eigenvalue weighted by molar-refractivity contribution is 7.87. The number of ketones is 1. The summed E-state index contributed by atoms with van der Waals surface area (Å²) < 4.78 is 85.8. The molecule has 0 N–H and O–H groups in total. The summed E-state index contributed by atoms with van der Waals surface area (Å²) in [5, 5.41) is 0. The number of hydrogen-bond acceptors (Lipinski definition) is 5. The highest BCUT2D eigenvalue weighted by Gasteiger charge is 2.35. The maximum Gasteiger partial charge on any atom is 0.419 e. The van der Waals surface area contributed by atoms with Crippen molar-refractivity contribution in [1.82, 2.24) is 0 Å². The van der Waals surface area contributed by atoms with E-state index in [0.29, 0.717) is 12.1 Å². The molecular weight excluding hydrogens is 380 g/mol. The third-order valence-corrected chi connectivity index (χ3v) is 4.53. The highest BCUT2D eigenvalue weighted by atomic mass is 32.2. The van der Waals surface area contributed by atoms with Gasteiger partial charge in [0, 0.05) is 5.56 Å². The molecule has 0 radical (unpaired) electrons. The molecule has 0 atom stereocenters. The Balaban J connectivity index is 2.45. The average molecular weight is 392 g/mol. The molecule has 0 heterocycles. The smallest absolute Gasteiger partial charge is 0.419 e. The van der Waals surface area contributed by atoms with Crippen LogP contribution >= 0.6 is 0 Å². The molecule has 26 heavy (non-hydrogen) atoms. The van der Waals surface area contributed by atoms with Gasteiger partial charge in [-0.2, -0.15) is 21.6 Å². The van der Waals surface area contributed by atoms with E-state index in [1.165, 1.54) is 26.2 Å². The number of halogens is 4. The zero-order valence-electron chi connectivity index (χ0n) is 13.4. The SMILES string of the molecule is COc1cc(C(C)=O)ccc1OS(=O)(=O)c1ccc(F)c(C(F)(F)F)c1. The van der Waals surface area contributed by atoms with Gasteiger partial charge < -0.3 is 8.92 Å². The summed E-state index contributed by atoms with van der Waals surface area (Å²) in [5.74, 6) is -2.37. The number of benzene rings is 2. The Morgan fingerprint density at radius 2 is 1.69 bits per heavy atom. The van der Waals surface area contributed by atoms with Gasteiger partial charge in [-0.15, -0.1) is 0 Å². The molecule has 0 amide bonds. The van der Waals surface area contributed by atoms with E-state index < -0.39 is 32.6 Å². The van der Waals surface area contributed by atoms with Crippen LogP contribution in [0.1, 0.15) is 22.8 Å². The van der Waals surface area contributed by atoms with E-state index in [1.54, 1.807) is 0 Å². The monoisotopic (exact) mass is 392 g/mol. The van der Waals surface area contributed by atoms with E-state index in [2.05, 4.69) is 0 Å². The van der Waals surface area contributed by atoms with Crippen molar-refractivity contribution in [3.05, 3.63) is 53.3 Å². The van der Waals surface area contributed by atoms with Gasteiger partial charge in [-0.25, -0.2) is 4.39 Å². The van der Waals surface area contributed by atoms with Crippen molar-refractivity contribution in [3.8, 4) is 11.5 Å². The Morgan fingerprint density at radius 1 is 1.04 bits per heavy atom. The van der Waals surface area contributed by atoms with E-state index >= 15 is 0 Å². The lowest BCUT2D eigenvalue weighted by Crippen LogP contribution is -2.14. The first-order chi connectivity index (χ1) is 12.0. The van der Waals surface area contributed by atoms with Crippen molar-refractivity contribution in [2.24, 2.45) is 0 Å². The number of hydrogen-bond donors (Lipinski definition) is 0. The number of ether oxygens (including phenoxy) is 1. The Bertz CT molecular complexity index is 952. The fraction of sp³-hybridized carbons (Fsp3) is 0.188. The lowest BCUT2D eigenvalue weighted by molar-refractivity contribution is -0.140. The minimum Gasteiger partial charge on any atom is -0.493 e. The lowest BCUT2D eigenvalue weighted by atomic mass is 10.1. The predicted molar refractivity (Wildman–Crippen MR) is 82.2 cm³/mol. The van der Waals surface area contributed by atoms with Gasteiger partial charge in [0.2, 0.25) is 0 Å². The molecule has 0 aliphatic heterocycles. The Hall–Kier alpha value is -2.62. The van der Waals surface area contributed by atoms with Crippen LogP contribution in [0.3, 0.4) is 0 Å². The standard InChI is InChI=1S/C16H12F4O5S/c1-9(21)10-3-6-14(15(7-10)24-2)25-26(22,23)11-4-5-13(17)12(8-11)16(18,19)20/h3-8H,1-2H3. The molecule has 2 aromatic carbocycles. The van der Waals surface area contributed by atoms with Crippen LogP contribution in [0.5, 0.6) is 11.5 Å². The zero-order chi connectivity index (χ0) is 19.7. The van der Waals surface area contributed by atoms with Crippen LogP contribution in [0.25, 0.3) is 0 Å². The van der Waals surface area contributed by atoms with Gasteiger partial charge in [0.05, 0.1) is 12.7 Å². The topological polar surface area (TPSA) is 69.7 Å². The molecule has 0 unspecified atom stereocenters. The van der Waals surface area contributed by atoms with Crippen LogP contribution in [-0.2, 0) is 16.3 Å². The van der Waals surface area contributed by atoms with Crippen LogP contribution in [0.2, 0.25) is 0 Å². The number of rotatable bonds is 5. The Kier molecular flexibility index (Phi) is 5.26. The van der Waals surface area contributed by atoms with Crippen molar-refractivity contribution in [2.75, 3.05) is 7.11 Å².